The number of allylic oxidation sites excluding steroid dienone is 4. The summed E-state index contributed by atoms with van der Waals surface area (Å²) in [5.41, 5.74) is 8.62. The molecular formula is C23H34N2. The first-order chi connectivity index (χ1) is 11.9. The fourth-order valence-corrected chi connectivity index (χ4v) is 3.40. The summed E-state index contributed by atoms with van der Waals surface area (Å²) < 4.78 is 0. The van der Waals surface area contributed by atoms with E-state index in [4.69, 9.17) is 5.26 Å². The number of hydrogen-bond donors (Lipinski definition) is 0. The van der Waals surface area contributed by atoms with E-state index in [2.05, 4.69) is 64.8 Å². The maximum atomic E-state index is 8.13. The highest BCUT2D eigenvalue weighted by Crippen LogP contribution is 2.41. The first-order valence-corrected chi connectivity index (χ1v) is 9.40. The van der Waals surface area contributed by atoms with Gasteiger partial charge in [0, 0.05) is 25.2 Å². The van der Waals surface area contributed by atoms with E-state index in [0.717, 1.165) is 19.5 Å². The molecule has 0 saturated heterocycles. The Kier molecular flexibility index (Phi) is 8.49. The van der Waals surface area contributed by atoms with Crippen LogP contribution in [-0.4, -0.2) is 18.0 Å². The maximum absolute atomic E-state index is 8.13. The van der Waals surface area contributed by atoms with Gasteiger partial charge in [-0.25, -0.2) is 0 Å². The summed E-state index contributed by atoms with van der Waals surface area (Å²) in [5.74, 6) is 0.495. The number of rotatable bonds is 5. The largest absolute Gasteiger partial charge is 0.366 e. The van der Waals surface area contributed by atoms with Crippen LogP contribution in [0.4, 0.5) is 0 Å². The minimum atomic E-state index is 0.495. The predicted octanol–water partition coefficient (Wildman–Crippen LogP) is 6.32. The van der Waals surface area contributed by atoms with Crippen LogP contribution in [0, 0.1) is 17.2 Å². The van der Waals surface area contributed by atoms with Crippen molar-refractivity contribution >= 4 is 0 Å². The Hall–Kier alpha value is -2.01. The van der Waals surface area contributed by atoms with Crippen LogP contribution in [0.2, 0.25) is 0 Å². The molecule has 2 aliphatic rings. The van der Waals surface area contributed by atoms with Crippen LogP contribution in [0.25, 0.3) is 0 Å². The molecule has 0 aromatic carbocycles. The van der Waals surface area contributed by atoms with Gasteiger partial charge in [-0.1, -0.05) is 43.7 Å². The van der Waals surface area contributed by atoms with E-state index in [0.29, 0.717) is 12.3 Å². The van der Waals surface area contributed by atoms with Crippen molar-refractivity contribution in [1.82, 2.24) is 4.90 Å². The molecule has 1 aliphatic carbocycles. The van der Waals surface area contributed by atoms with E-state index in [-0.39, 0.29) is 0 Å². The molecule has 136 valence electrons. The molecule has 0 bridgehead atoms. The van der Waals surface area contributed by atoms with Gasteiger partial charge in [0.25, 0.3) is 0 Å². The Bertz CT molecular complexity index is 637. The zero-order valence-electron chi connectivity index (χ0n) is 16.8. The first-order valence-electron chi connectivity index (χ1n) is 9.40. The third-order valence-electron chi connectivity index (χ3n) is 5.26. The van der Waals surface area contributed by atoms with Crippen LogP contribution in [0.5, 0.6) is 0 Å². The molecule has 0 fully saturated rings. The molecule has 2 rings (SSSR count). The molecule has 1 unspecified atom stereocenters. The van der Waals surface area contributed by atoms with Crippen molar-refractivity contribution in [2.75, 3.05) is 13.1 Å². The van der Waals surface area contributed by atoms with Crippen molar-refractivity contribution < 1.29 is 0 Å². The topological polar surface area (TPSA) is 27.0 Å². The van der Waals surface area contributed by atoms with Crippen LogP contribution in [0.3, 0.4) is 0 Å². The number of nitriles is 1. The maximum Gasteiger partial charge on any atom is 0.0621 e. The van der Waals surface area contributed by atoms with Crippen molar-refractivity contribution in [1.29, 1.82) is 5.26 Å². The summed E-state index contributed by atoms with van der Waals surface area (Å²) >= 11 is 0. The molecule has 0 N–H and O–H groups in total. The lowest BCUT2D eigenvalue weighted by atomic mass is 9.82. The van der Waals surface area contributed by atoms with Crippen molar-refractivity contribution in [3.05, 3.63) is 58.9 Å². The quantitative estimate of drug-likeness (QED) is 0.548. The number of nitrogens with zero attached hydrogens (tertiary/aromatic N) is 2. The van der Waals surface area contributed by atoms with Crippen molar-refractivity contribution in [3.63, 3.8) is 0 Å². The minimum absolute atomic E-state index is 0.495. The van der Waals surface area contributed by atoms with E-state index in [1.165, 1.54) is 35.3 Å². The molecule has 1 aliphatic heterocycles. The fraction of sp³-hybridized carbons (Fsp3) is 0.522. The van der Waals surface area contributed by atoms with E-state index < -0.39 is 0 Å². The van der Waals surface area contributed by atoms with Gasteiger partial charge in [-0.3, -0.25) is 0 Å². The van der Waals surface area contributed by atoms with Gasteiger partial charge in [0.05, 0.1) is 6.07 Å². The predicted molar refractivity (Wildman–Crippen MR) is 109 cm³/mol. The second-order valence-corrected chi connectivity index (χ2v) is 6.97. The molecule has 0 amide bonds. The summed E-state index contributed by atoms with van der Waals surface area (Å²) in [6.07, 6.45) is 8.02. The molecule has 1 heterocycles. The van der Waals surface area contributed by atoms with Crippen LogP contribution in [0.15, 0.2) is 58.9 Å². The molecule has 0 aromatic rings. The summed E-state index contributed by atoms with van der Waals surface area (Å²) in [5, 5.41) is 8.13. The Labute approximate surface area is 154 Å². The van der Waals surface area contributed by atoms with Crippen LogP contribution in [-0.2, 0) is 0 Å². The number of hydrogen-bond acceptors (Lipinski definition) is 2. The summed E-state index contributed by atoms with van der Waals surface area (Å²) in [7, 11) is 0. The van der Waals surface area contributed by atoms with Gasteiger partial charge in [-0.2, -0.15) is 5.26 Å². The SMILES string of the molecule is C=C1C(N2CCC(C)=C(CC)C2)=C(C)/C1=C/C.C=CC(C)CCC#N. The van der Waals surface area contributed by atoms with Gasteiger partial charge in [0.2, 0.25) is 0 Å². The van der Waals surface area contributed by atoms with Gasteiger partial charge in [0.1, 0.15) is 0 Å². The van der Waals surface area contributed by atoms with Gasteiger partial charge < -0.3 is 4.90 Å². The second kappa shape index (κ2) is 10.1. The third-order valence-corrected chi connectivity index (χ3v) is 5.26. The highest BCUT2D eigenvalue weighted by atomic mass is 15.1. The lowest BCUT2D eigenvalue weighted by Crippen LogP contribution is -2.35. The highest BCUT2D eigenvalue weighted by molar-refractivity contribution is 5.67. The second-order valence-electron chi connectivity index (χ2n) is 6.97. The Balaban J connectivity index is 0.000000333. The third kappa shape index (κ3) is 5.23. The molecule has 25 heavy (non-hydrogen) atoms. The molecular weight excluding hydrogens is 304 g/mol. The molecule has 0 spiro atoms. The van der Waals surface area contributed by atoms with E-state index in [9.17, 15) is 0 Å². The first kappa shape index (κ1) is 21.0. The fourth-order valence-electron chi connectivity index (χ4n) is 3.40. The van der Waals surface area contributed by atoms with E-state index >= 15 is 0 Å². The average Bonchev–Trinajstić information content (AvgIpc) is 2.62. The van der Waals surface area contributed by atoms with E-state index in [1.54, 1.807) is 11.1 Å². The molecule has 2 nitrogen and oxygen atoms in total. The zero-order chi connectivity index (χ0) is 19.0. The van der Waals surface area contributed by atoms with Gasteiger partial charge in [-0.15, -0.1) is 6.58 Å². The van der Waals surface area contributed by atoms with Crippen LogP contribution >= 0.6 is 0 Å². The zero-order valence-corrected chi connectivity index (χ0v) is 16.8. The Morgan fingerprint density at radius 3 is 2.52 bits per heavy atom. The highest BCUT2D eigenvalue weighted by Gasteiger charge is 2.29. The lowest BCUT2D eigenvalue weighted by Gasteiger charge is -2.40. The van der Waals surface area contributed by atoms with Crippen molar-refractivity contribution in [2.45, 2.75) is 60.3 Å². The van der Waals surface area contributed by atoms with Crippen LogP contribution in [0.1, 0.15) is 60.3 Å². The summed E-state index contributed by atoms with van der Waals surface area (Å²) in [4.78, 5) is 2.51. The normalized spacial score (nSPS) is 19.9. The molecule has 0 saturated carbocycles. The average molecular weight is 339 g/mol. The van der Waals surface area contributed by atoms with E-state index in [1.807, 2.05) is 6.08 Å². The minimum Gasteiger partial charge on any atom is -0.366 e. The van der Waals surface area contributed by atoms with Gasteiger partial charge >= 0.3 is 0 Å². The molecule has 0 aromatic heterocycles. The molecule has 2 heteroatoms. The van der Waals surface area contributed by atoms with Gasteiger partial charge in [0.15, 0.2) is 0 Å². The monoisotopic (exact) mass is 338 g/mol. The molecule has 0 radical (unpaired) electrons. The van der Waals surface area contributed by atoms with Crippen molar-refractivity contribution in [2.24, 2.45) is 5.92 Å². The van der Waals surface area contributed by atoms with Gasteiger partial charge in [-0.05, 0) is 62.7 Å². The molecule has 1 atom stereocenters. The summed E-state index contributed by atoms with van der Waals surface area (Å²) in [6.45, 7) is 21.0. The lowest BCUT2D eigenvalue weighted by molar-refractivity contribution is 0.351. The summed E-state index contributed by atoms with van der Waals surface area (Å²) in [6, 6.07) is 2.09. The Morgan fingerprint density at radius 1 is 1.36 bits per heavy atom. The Morgan fingerprint density at radius 2 is 2.04 bits per heavy atom. The van der Waals surface area contributed by atoms with Crippen molar-refractivity contribution in [3.8, 4) is 6.07 Å². The smallest absolute Gasteiger partial charge is 0.0621 e. The van der Waals surface area contributed by atoms with Crippen LogP contribution < -0.4 is 0 Å². The standard InChI is InChI=1S/C16H23N.C7H11N/c1-6-14-10-17(9-8-11(14)3)16-12(4)15(7-2)13(16)5;1-3-7(2)5-4-6-8/h7H,4,6,8-10H2,1-3,5H3;3,7H,1,4-5H2,2H3/b15-7+;.